The highest BCUT2D eigenvalue weighted by Crippen LogP contribution is 2.06. The third-order valence-corrected chi connectivity index (χ3v) is 3.21. The minimum atomic E-state index is -1.22. The summed E-state index contributed by atoms with van der Waals surface area (Å²) in [6.45, 7) is 2.65. The van der Waals surface area contributed by atoms with Crippen molar-refractivity contribution in [1.82, 2.24) is 16.0 Å². The third kappa shape index (κ3) is 11.0. The zero-order valence-electron chi connectivity index (χ0n) is 14.8. The molecule has 0 spiro atoms. The van der Waals surface area contributed by atoms with Gasteiger partial charge in [0.1, 0.15) is 12.6 Å². The largest absolute Gasteiger partial charge is 0.481 e. The van der Waals surface area contributed by atoms with Gasteiger partial charge < -0.3 is 31.9 Å². The number of hydrogen-bond acceptors (Lipinski definition) is 6. The van der Waals surface area contributed by atoms with Gasteiger partial charge in [0.25, 0.3) is 0 Å². The van der Waals surface area contributed by atoms with E-state index in [0.717, 1.165) is 0 Å². The highest BCUT2D eigenvalue weighted by Gasteiger charge is 2.25. The van der Waals surface area contributed by atoms with E-state index in [0.29, 0.717) is 0 Å². The first-order chi connectivity index (χ1) is 12.0. The summed E-state index contributed by atoms with van der Waals surface area (Å²) >= 11 is 0. The van der Waals surface area contributed by atoms with Crippen LogP contribution in [0.4, 0.5) is 0 Å². The van der Waals surface area contributed by atoms with E-state index in [1.165, 1.54) is 0 Å². The smallest absolute Gasteiger partial charge is 0.322 e. The van der Waals surface area contributed by atoms with Crippen molar-refractivity contribution in [1.29, 1.82) is 0 Å². The Bertz CT molecular complexity index is 536. The first kappa shape index (κ1) is 23.3. The molecule has 0 aliphatic heterocycles. The third-order valence-electron chi connectivity index (χ3n) is 3.21. The van der Waals surface area contributed by atoms with Crippen LogP contribution in [0, 0.1) is 5.92 Å². The van der Waals surface area contributed by atoms with Crippen LogP contribution in [-0.2, 0) is 24.0 Å². The van der Waals surface area contributed by atoms with Gasteiger partial charge in [0, 0.05) is 6.42 Å². The molecule has 0 heterocycles. The maximum atomic E-state index is 12.2. The van der Waals surface area contributed by atoms with Crippen molar-refractivity contribution < 1.29 is 34.2 Å². The Morgan fingerprint density at radius 2 is 1.54 bits per heavy atom. The Labute approximate surface area is 150 Å². The van der Waals surface area contributed by atoms with Gasteiger partial charge in [-0.2, -0.15) is 0 Å². The van der Waals surface area contributed by atoms with Crippen molar-refractivity contribution in [2.45, 2.75) is 45.2 Å². The number of nitrogens with one attached hydrogen (secondary N) is 3. The number of carbonyl (C=O) groups is 5. The SMILES string of the molecule is CC(C)CC(NC(=O)C(N)CCC(=O)O)C(=O)NCC(=O)NCC(=O)O. The van der Waals surface area contributed by atoms with Gasteiger partial charge in [-0.05, 0) is 18.8 Å². The zero-order chi connectivity index (χ0) is 20.3. The molecule has 0 rings (SSSR count). The fourth-order valence-corrected chi connectivity index (χ4v) is 1.92. The van der Waals surface area contributed by atoms with Crippen LogP contribution >= 0.6 is 0 Å². The van der Waals surface area contributed by atoms with Gasteiger partial charge in [-0.3, -0.25) is 24.0 Å². The summed E-state index contributed by atoms with van der Waals surface area (Å²) < 4.78 is 0. The molecule has 7 N–H and O–H groups in total. The molecule has 0 aromatic rings. The topological polar surface area (TPSA) is 188 Å². The molecule has 3 amide bonds. The molecular formula is C15H26N4O7. The van der Waals surface area contributed by atoms with E-state index in [4.69, 9.17) is 15.9 Å². The Kier molecular flexibility index (Phi) is 10.6. The maximum absolute atomic E-state index is 12.2. The predicted molar refractivity (Wildman–Crippen MR) is 89.9 cm³/mol. The number of nitrogens with two attached hydrogens (primary N) is 1. The summed E-state index contributed by atoms with van der Waals surface area (Å²) in [6, 6.07) is -2.03. The lowest BCUT2D eigenvalue weighted by molar-refractivity contribution is -0.138. The Balaban J connectivity index is 4.63. The van der Waals surface area contributed by atoms with E-state index in [1.54, 1.807) is 0 Å². The minimum absolute atomic E-state index is 0.0436. The standard InChI is InChI=1S/C15H26N4O7/c1-8(2)5-10(19-14(25)9(16)3-4-12(21)22)15(26)18-6-11(20)17-7-13(23)24/h8-10H,3-7,16H2,1-2H3,(H,17,20)(H,18,26)(H,19,25)(H,21,22)(H,23,24). The Hall–Kier alpha value is -2.69. The molecule has 0 saturated heterocycles. The van der Waals surface area contributed by atoms with E-state index in [-0.39, 0.29) is 25.2 Å². The van der Waals surface area contributed by atoms with Crippen LogP contribution in [0.1, 0.15) is 33.1 Å². The average molecular weight is 374 g/mol. The highest BCUT2D eigenvalue weighted by molar-refractivity contribution is 5.92. The maximum Gasteiger partial charge on any atom is 0.322 e. The molecule has 0 saturated carbocycles. The quantitative estimate of drug-likeness (QED) is 0.227. The highest BCUT2D eigenvalue weighted by atomic mass is 16.4. The number of carboxylic acid groups (broad SMARTS) is 2. The summed E-state index contributed by atoms with van der Waals surface area (Å²) in [5.41, 5.74) is 5.61. The molecule has 0 bridgehead atoms. The number of amides is 3. The van der Waals surface area contributed by atoms with Crippen molar-refractivity contribution in [3.8, 4) is 0 Å². The molecule has 2 atom stereocenters. The van der Waals surface area contributed by atoms with E-state index in [1.807, 2.05) is 13.8 Å². The number of aliphatic carboxylic acids is 2. The molecule has 26 heavy (non-hydrogen) atoms. The summed E-state index contributed by atoms with van der Waals surface area (Å²) in [4.78, 5) is 56.5. The van der Waals surface area contributed by atoms with Gasteiger partial charge in [0.05, 0.1) is 12.6 Å². The van der Waals surface area contributed by atoms with Gasteiger partial charge >= 0.3 is 11.9 Å². The van der Waals surface area contributed by atoms with E-state index in [9.17, 15) is 24.0 Å². The fraction of sp³-hybridized carbons (Fsp3) is 0.667. The van der Waals surface area contributed by atoms with Crippen molar-refractivity contribution in [2.24, 2.45) is 11.7 Å². The summed E-state index contributed by atoms with van der Waals surface area (Å²) in [5, 5.41) is 23.9. The first-order valence-corrected chi connectivity index (χ1v) is 8.06. The normalized spacial score (nSPS) is 12.8. The number of carbonyl (C=O) groups excluding carboxylic acids is 3. The lowest BCUT2D eigenvalue weighted by Gasteiger charge is -2.22. The van der Waals surface area contributed by atoms with Crippen molar-refractivity contribution in [3.63, 3.8) is 0 Å². The van der Waals surface area contributed by atoms with Crippen LogP contribution < -0.4 is 21.7 Å². The number of hydrogen-bond donors (Lipinski definition) is 6. The van der Waals surface area contributed by atoms with Crippen LogP contribution in [-0.4, -0.2) is 65.0 Å². The molecule has 0 aromatic carbocycles. The minimum Gasteiger partial charge on any atom is -0.481 e. The average Bonchev–Trinajstić information content (AvgIpc) is 2.54. The fourth-order valence-electron chi connectivity index (χ4n) is 1.92. The van der Waals surface area contributed by atoms with Gasteiger partial charge in [-0.1, -0.05) is 13.8 Å². The predicted octanol–water partition coefficient (Wildman–Crippen LogP) is -1.97. The van der Waals surface area contributed by atoms with Crippen molar-refractivity contribution in [2.75, 3.05) is 13.1 Å². The summed E-state index contributed by atoms with van der Waals surface area (Å²) in [6.07, 6.45) is -0.0753. The van der Waals surface area contributed by atoms with Crippen LogP contribution in [0.15, 0.2) is 0 Å². The second-order valence-electron chi connectivity index (χ2n) is 6.12. The van der Waals surface area contributed by atoms with E-state index < -0.39 is 54.8 Å². The van der Waals surface area contributed by atoms with Gasteiger partial charge in [-0.15, -0.1) is 0 Å². The zero-order valence-corrected chi connectivity index (χ0v) is 14.8. The second-order valence-corrected chi connectivity index (χ2v) is 6.12. The van der Waals surface area contributed by atoms with Crippen LogP contribution in [0.5, 0.6) is 0 Å². The number of carboxylic acids is 2. The van der Waals surface area contributed by atoms with Gasteiger partial charge in [0.15, 0.2) is 0 Å². The first-order valence-electron chi connectivity index (χ1n) is 8.06. The molecule has 0 aliphatic carbocycles. The molecule has 148 valence electrons. The van der Waals surface area contributed by atoms with Crippen molar-refractivity contribution in [3.05, 3.63) is 0 Å². The van der Waals surface area contributed by atoms with E-state index in [2.05, 4.69) is 16.0 Å². The molecular weight excluding hydrogens is 348 g/mol. The van der Waals surface area contributed by atoms with Crippen molar-refractivity contribution >= 4 is 29.7 Å². The van der Waals surface area contributed by atoms with Crippen LogP contribution in [0.25, 0.3) is 0 Å². The Morgan fingerprint density at radius 1 is 0.923 bits per heavy atom. The summed E-state index contributed by atoms with van der Waals surface area (Å²) in [5.74, 6) is -4.23. The monoisotopic (exact) mass is 374 g/mol. The van der Waals surface area contributed by atoms with Crippen LogP contribution in [0.2, 0.25) is 0 Å². The van der Waals surface area contributed by atoms with Gasteiger partial charge in [0.2, 0.25) is 17.7 Å². The molecule has 2 unspecified atom stereocenters. The van der Waals surface area contributed by atoms with Crippen LogP contribution in [0.3, 0.4) is 0 Å². The van der Waals surface area contributed by atoms with Gasteiger partial charge in [-0.25, -0.2) is 0 Å². The molecule has 0 aromatic heterocycles. The molecule has 11 heteroatoms. The lowest BCUT2D eigenvalue weighted by Crippen LogP contribution is -2.53. The molecule has 0 aliphatic rings. The molecule has 0 radical (unpaired) electrons. The lowest BCUT2D eigenvalue weighted by atomic mass is 10.0. The second kappa shape index (κ2) is 11.8. The van der Waals surface area contributed by atoms with E-state index >= 15 is 0 Å². The summed E-state index contributed by atoms with van der Waals surface area (Å²) in [7, 11) is 0. The Morgan fingerprint density at radius 3 is 2.04 bits per heavy atom. The molecule has 11 nitrogen and oxygen atoms in total. The number of rotatable bonds is 12. The molecule has 0 fully saturated rings.